The summed E-state index contributed by atoms with van der Waals surface area (Å²) in [5, 5.41) is 0. The second-order valence-corrected chi connectivity index (χ2v) is 15.1. The molecule has 6 heteroatoms. The van der Waals surface area contributed by atoms with E-state index in [4.69, 9.17) is 9.97 Å². The Morgan fingerprint density at radius 3 is 1.76 bits per heavy atom. The summed E-state index contributed by atoms with van der Waals surface area (Å²) in [4.78, 5) is 20.5. The standard InChI is InChI=1S/C49H50N6/c1-6-37-34-50-45-46(51-37)54(39-25-14-11-15-26-39)47-48(7-2,8-3)49(9-4,40-27-17-19-29-42(40)55(45)47)33-32-36-22-16-18-28-41(36)53-35(5)52(38-23-12-10-13-24-38)43-30-20-21-31-44(43)53/h10-35,47H,6-9H2,1-5H3. The number of aromatic nitrogens is 2. The van der Waals surface area contributed by atoms with Crippen molar-refractivity contribution in [2.75, 3.05) is 19.6 Å². The lowest BCUT2D eigenvalue weighted by molar-refractivity contribution is 0.0909. The summed E-state index contributed by atoms with van der Waals surface area (Å²) in [6.07, 6.45) is 10.8. The molecule has 0 N–H and O–H groups in total. The summed E-state index contributed by atoms with van der Waals surface area (Å²) in [6, 6.07) is 48.5. The number of nitrogens with zero attached hydrogens (tertiary/aromatic N) is 6. The normalized spacial score (nSPS) is 20.7. The molecule has 6 nitrogen and oxygen atoms in total. The Morgan fingerprint density at radius 1 is 0.564 bits per heavy atom. The van der Waals surface area contributed by atoms with Crippen molar-refractivity contribution in [2.24, 2.45) is 5.41 Å². The Balaban J connectivity index is 1.23. The van der Waals surface area contributed by atoms with Crippen LogP contribution in [0.25, 0.3) is 6.08 Å². The molecule has 1 aromatic heterocycles. The topological polar surface area (TPSA) is 38.7 Å². The molecular weight excluding hydrogens is 673 g/mol. The predicted octanol–water partition coefficient (Wildman–Crippen LogP) is 12.5. The second-order valence-electron chi connectivity index (χ2n) is 15.1. The van der Waals surface area contributed by atoms with Gasteiger partial charge >= 0.3 is 0 Å². The molecule has 4 heterocycles. The van der Waals surface area contributed by atoms with Crippen LogP contribution in [0.5, 0.6) is 0 Å². The molecule has 0 aliphatic carbocycles. The Morgan fingerprint density at radius 2 is 1.13 bits per heavy atom. The van der Waals surface area contributed by atoms with Gasteiger partial charge in [0.25, 0.3) is 0 Å². The molecule has 0 saturated carbocycles. The number of para-hydroxylation sites is 6. The number of allylic oxidation sites excluding steroid dienone is 1. The lowest BCUT2D eigenvalue weighted by atomic mass is 9.52. The Kier molecular flexibility index (Phi) is 8.72. The van der Waals surface area contributed by atoms with E-state index in [0.717, 1.165) is 48.7 Å². The average Bonchev–Trinajstić information content (AvgIpc) is 3.75. The molecular formula is C49H50N6. The lowest BCUT2D eigenvalue weighted by Crippen LogP contribution is -2.63. The van der Waals surface area contributed by atoms with Crippen LogP contribution in [-0.4, -0.2) is 22.3 Å². The summed E-state index contributed by atoms with van der Waals surface area (Å²) in [7, 11) is 0. The highest BCUT2D eigenvalue weighted by Crippen LogP contribution is 2.66. The van der Waals surface area contributed by atoms with E-state index in [1.807, 2.05) is 6.20 Å². The van der Waals surface area contributed by atoms with E-state index in [2.05, 4.69) is 200 Å². The maximum Gasteiger partial charge on any atom is 0.178 e. The maximum absolute atomic E-state index is 5.33. The number of hydrogen-bond acceptors (Lipinski definition) is 6. The minimum atomic E-state index is -0.311. The van der Waals surface area contributed by atoms with Gasteiger partial charge in [0.15, 0.2) is 11.6 Å². The van der Waals surface area contributed by atoms with Crippen molar-refractivity contribution in [1.82, 2.24) is 9.97 Å². The Bertz CT molecular complexity index is 2350. The van der Waals surface area contributed by atoms with Crippen LogP contribution >= 0.6 is 0 Å². The zero-order valence-corrected chi connectivity index (χ0v) is 32.6. The Labute approximate surface area is 326 Å². The van der Waals surface area contributed by atoms with Crippen LogP contribution in [0.1, 0.15) is 70.7 Å². The molecule has 0 fully saturated rings. The first kappa shape index (κ1) is 34.9. The molecule has 5 aromatic carbocycles. The summed E-state index contributed by atoms with van der Waals surface area (Å²) in [5.41, 5.74) is 10.2. The largest absolute Gasteiger partial charge is 0.319 e. The fourth-order valence-electron chi connectivity index (χ4n) is 10.3. The highest BCUT2D eigenvalue weighted by molar-refractivity contribution is 5.91. The van der Waals surface area contributed by atoms with Gasteiger partial charge < -0.3 is 19.6 Å². The second kappa shape index (κ2) is 13.8. The third kappa shape index (κ3) is 5.07. The number of aryl methyl sites for hydroxylation is 1. The molecule has 3 aliphatic rings. The Hall–Kier alpha value is -5.88. The molecule has 0 bridgehead atoms. The first-order chi connectivity index (χ1) is 27.0. The highest BCUT2D eigenvalue weighted by Gasteiger charge is 2.63. The van der Waals surface area contributed by atoms with Crippen LogP contribution in [0, 0.1) is 5.41 Å². The van der Waals surface area contributed by atoms with Crippen molar-refractivity contribution < 1.29 is 0 Å². The SMILES string of the molecule is CCc1cnc2c(n1)N(c1ccccc1)C1N2c2ccccc2C(C=Cc2ccccc2N2c3ccccc3N(c3ccccc3)C2C)(CC)C1(CC)CC. The molecule has 0 saturated heterocycles. The maximum atomic E-state index is 5.33. The smallest absolute Gasteiger partial charge is 0.178 e. The van der Waals surface area contributed by atoms with E-state index >= 15 is 0 Å². The van der Waals surface area contributed by atoms with Gasteiger partial charge in [-0.25, -0.2) is 9.97 Å². The summed E-state index contributed by atoms with van der Waals surface area (Å²) in [6.45, 7) is 11.7. The number of hydrogen-bond donors (Lipinski definition) is 0. The lowest BCUT2D eigenvalue weighted by Gasteiger charge is -2.60. The van der Waals surface area contributed by atoms with Gasteiger partial charge in [-0.2, -0.15) is 0 Å². The monoisotopic (exact) mass is 722 g/mol. The van der Waals surface area contributed by atoms with Crippen molar-refractivity contribution in [3.8, 4) is 0 Å². The van der Waals surface area contributed by atoms with Crippen molar-refractivity contribution in [1.29, 1.82) is 0 Å². The molecule has 3 unspecified atom stereocenters. The number of anilines is 8. The van der Waals surface area contributed by atoms with Gasteiger partial charge in [-0.15, -0.1) is 0 Å². The van der Waals surface area contributed by atoms with Gasteiger partial charge in [0.05, 0.1) is 29.0 Å². The van der Waals surface area contributed by atoms with E-state index in [-0.39, 0.29) is 23.2 Å². The first-order valence-corrected chi connectivity index (χ1v) is 20.1. The number of rotatable bonds is 9. The van der Waals surface area contributed by atoms with E-state index in [1.165, 1.54) is 39.6 Å². The molecule has 3 atom stereocenters. The van der Waals surface area contributed by atoms with Gasteiger partial charge in [0, 0.05) is 27.9 Å². The summed E-state index contributed by atoms with van der Waals surface area (Å²) in [5.74, 6) is 1.89. The molecule has 276 valence electrons. The summed E-state index contributed by atoms with van der Waals surface area (Å²) < 4.78 is 0. The zero-order chi connectivity index (χ0) is 37.7. The van der Waals surface area contributed by atoms with E-state index in [1.54, 1.807) is 0 Å². The third-order valence-corrected chi connectivity index (χ3v) is 12.9. The van der Waals surface area contributed by atoms with Crippen molar-refractivity contribution in [2.45, 2.75) is 78.0 Å². The number of fused-ring (bicyclic) bond motifs is 6. The predicted molar refractivity (Wildman–Crippen MR) is 229 cm³/mol. The van der Waals surface area contributed by atoms with Crippen LogP contribution < -0.4 is 19.6 Å². The molecule has 0 amide bonds. The minimum Gasteiger partial charge on any atom is -0.319 e. The fraction of sp³-hybridized carbons (Fsp3) is 0.265. The van der Waals surface area contributed by atoms with E-state index in [0.29, 0.717) is 0 Å². The van der Waals surface area contributed by atoms with Gasteiger partial charge in [-0.1, -0.05) is 125 Å². The molecule has 0 radical (unpaired) electrons. The van der Waals surface area contributed by atoms with Gasteiger partial charge in [-0.05, 0) is 92.3 Å². The van der Waals surface area contributed by atoms with Crippen LogP contribution in [0.15, 0.2) is 146 Å². The molecule has 9 rings (SSSR count). The van der Waals surface area contributed by atoms with Crippen LogP contribution in [0.4, 0.5) is 45.8 Å². The molecule has 3 aliphatic heterocycles. The van der Waals surface area contributed by atoms with Gasteiger partial charge in [0.1, 0.15) is 12.3 Å². The van der Waals surface area contributed by atoms with Crippen LogP contribution in [0.2, 0.25) is 0 Å². The average molecular weight is 723 g/mol. The quantitative estimate of drug-likeness (QED) is 0.148. The summed E-state index contributed by atoms with van der Waals surface area (Å²) >= 11 is 0. The first-order valence-electron chi connectivity index (χ1n) is 20.1. The highest BCUT2D eigenvalue weighted by atomic mass is 15.5. The zero-order valence-electron chi connectivity index (χ0n) is 32.6. The van der Waals surface area contributed by atoms with Crippen molar-refractivity contribution in [3.05, 3.63) is 163 Å². The van der Waals surface area contributed by atoms with Crippen molar-refractivity contribution in [3.63, 3.8) is 0 Å². The van der Waals surface area contributed by atoms with Gasteiger partial charge in [-0.3, -0.25) is 0 Å². The molecule has 6 aromatic rings. The van der Waals surface area contributed by atoms with Crippen LogP contribution in [-0.2, 0) is 11.8 Å². The fourth-order valence-corrected chi connectivity index (χ4v) is 10.3. The third-order valence-electron chi connectivity index (χ3n) is 12.9. The van der Waals surface area contributed by atoms with Gasteiger partial charge in [0.2, 0.25) is 0 Å². The van der Waals surface area contributed by atoms with E-state index in [9.17, 15) is 0 Å². The molecule has 0 spiro atoms. The van der Waals surface area contributed by atoms with E-state index < -0.39 is 0 Å². The molecule has 55 heavy (non-hydrogen) atoms. The van der Waals surface area contributed by atoms with Crippen LogP contribution in [0.3, 0.4) is 0 Å². The minimum absolute atomic E-state index is 0.0355. The number of benzene rings is 5. The van der Waals surface area contributed by atoms with Crippen molar-refractivity contribution >= 4 is 51.8 Å².